The average Bonchev–Trinajstić information content (AvgIpc) is 3.05. The minimum atomic E-state index is -1.02. The minimum Gasteiger partial charge on any atom is -0.478 e. The number of benzene rings is 1. The largest absolute Gasteiger partial charge is 0.478 e. The van der Waals surface area contributed by atoms with Crippen molar-refractivity contribution in [3.05, 3.63) is 58.9 Å². The molecule has 8 nitrogen and oxygen atoms in total. The highest BCUT2D eigenvalue weighted by atomic mass is 35.5. The lowest BCUT2D eigenvalue weighted by Gasteiger charge is -2.25. The Morgan fingerprint density at radius 3 is 2.43 bits per heavy atom. The Balaban J connectivity index is 1.46. The van der Waals surface area contributed by atoms with Crippen molar-refractivity contribution in [3.8, 4) is 11.6 Å². The normalized spacial score (nSPS) is 11.2. The van der Waals surface area contributed by atoms with Crippen molar-refractivity contribution < 1.29 is 9.53 Å². The van der Waals surface area contributed by atoms with Crippen LogP contribution in [-0.4, -0.2) is 44.6 Å². The van der Waals surface area contributed by atoms with Gasteiger partial charge >= 0.3 is 0 Å². The van der Waals surface area contributed by atoms with Crippen LogP contribution >= 0.6 is 11.6 Å². The molecule has 0 radical (unpaired) electrons. The number of aryl methyl sites for hydroxylation is 2. The number of carbonyl (C=O) groups excluding carboxylic acids is 1. The minimum absolute atomic E-state index is 0.217. The number of hydrogen-bond donors (Lipinski definition) is 2. The summed E-state index contributed by atoms with van der Waals surface area (Å²) in [5.74, 6) is 1.63. The van der Waals surface area contributed by atoms with Crippen LogP contribution in [0.2, 0.25) is 5.02 Å². The van der Waals surface area contributed by atoms with Crippen LogP contribution in [0.1, 0.15) is 25.2 Å². The smallest absolute Gasteiger partial charge is 0.263 e. The standard InChI is InChI=1S/C21H25ClN6O2/c1-14-13-15(2)28(27-14)19-10-9-18(25-26-19)23-11-12-24-20(29)21(3,4)30-17-7-5-16(22)6-8-17/h5-10,13H,11-12H2,1-4H3,(H,23,25)(H,24,29). The first kappa shape index (κ1) is 21.6. The summed E-state index contributed by atoms with van der Waals surface area (Å²) in [5, 5.41) is 19.4. The van der Waals surface area contributed by atoms with Gasteiger partial charge < -0.3 is 15.4 Å². The third-order valence-corrected chi connectivity index (χ3v) is 4.58. The number of nitrogens with zero attached hydrogens (tertiary/aromatic N) is 4. The summed E-state index contributed by atoms with van der Waals surface area (Å²) in [6, 6.07) is 12.5. The van der Waals surface area contributed by atoms with Gasteiger partial charge in [-0.3, -0.25) is 4.79 Å². The van der Waals surface area contributed by atoms with Crippen molar-refractivity contribution >= 4 is 23.3 Å². The Morgan fingerprint density at radius 2 is 1.83 bits per heavy atom. The first-order valence-corrected chi connectivity index (χ1v) is 9.96. The molecule has 9 heteroatoms. The van der Waals surface area contributed by atoms with Gasteiger partial charge in [0.25, 0.3) is 5.91 Å². The fraction of sp³-hybridized carbons (Fsp3) is 0.333. The van der Waals surface area contributed by atoms with Gasteiger partial charge in [-0.05, 0) is 70.2 Å². The lowest BCUT2D eigenvalue weighted by atomic mass is 10.1. The van der Waals surface area contributed by atoms with Crippen molar-refractivity contribution in [1.29, 1.82) is 0 Å². The third-order valence-electron chi connectivity index (χ3n) is 4.33. The van der Waals surface area contributed by atoms with E-state index in [0.717, 1.165) is 11.4 Å². The van der Waals surface area contributed by atoms with E-state index < -0.39 is 5.60 Å². The second-order valence-electron chi connectivity index (χ2n) is 7.36. The SMILES string of the molecule is Cc1cc(C)n(-c2ccc(NCCNC(=O)C(C)(C)Oc3ccc(Cl)cc3)nn2)n1. The summed E-state index contributed by atoms with van der Waals surface area (Å²) in [5.41, 5.74) is 0.901. The number of amides is 1. The Labute approximate surface area is 180 Å². The van der Waals surface area contributed by atoms with Crippen LogP contribution in [0, 0.1) is 13.8 Å². The van der Waals surface area contributed by atoms with Crippen LogP contribution in [0.4, 0.5) is 5.82 Å². The van der Waals surface area contributed by atoms with Crippen LogP contribution in [-0.2, 0) is 4.79 Å². The van der Waals surface area contributed by atoms with E-state index in [0.29, 0.717) is 35.5 Å². The predicted molar refractivity (Wildman–Crippen MR) is 116 cm³/mol. The van der Waals surface area contributed by atoms with Crippen molar-refractivity contribution in [2.24, 2.45) is 0 Å². The molecule has 1 amide bonds. The quantitative estimate of drug-likeness (QED) is 0.534. The van der Waals surface area contributed by atoms with Crippen LogP contribution in [0.15, 0.2) is 42.5 Å². The zero-order valence-corrected chi connectivity index (χ0v) is 18.2. The molecule has 0 saturated carbocycles. The molecule has 0 spiro atoms. The van der Waals surface area contributed by atoms with Gasteiger partial charge in [0.15, 0.2) is 11.4 Å². The second-order valence-corrected chi connectivity index (χ2v) is 7.80. The van der Waals surface area contributed by atoms with Gasteiger partial charge in [-0.2, -0.15) is 5.10 Å². The molecule has 30 heavy (non-hydrogen) atoms. The van der Waals surface area contributed by atoms with Crippen LogP contribution in [0.25, 0.3) is 5.82 Å². The molecule has 2 N–H and O–H groups in total. The molecule has 2 heterocycles. The van der Waals surface area contributed by atoms with Gasteiger partial charge in [-0.15, -0.1) is 10.2 Å². The summed E-state index contributed by atoms with van der Waals surface area (Å²) >= 11 is 5.87. The van der Waals surface area contributed by atoms with Crippen LogP contribution < -0.4 is 15.4 Å². The van der Waals surface area contributed by atoms with E-state index in [9.17, 15) is 4.79 Å². The Kier molecular flexibility index (Phi) is 6.56. The molecule has 2 aromatic heterocycles. The van der Waals surface area contributed by atoms with Crippen LogP contribution in [0.3, 0.4) is 0 Å². The molecule has 1 aromatic carbocycles. The number of hydrogen-bond acceptors (Lipinski definition) is 6. The van der Waals surface area contributed by atoms with Gasteiger partial charge in [-0.25, -0.2) is 4.68 Å². The first-order valence-electron chi connectivity index (χ1n) is 9.59. The lowest BCUT2D eigenvalue weighted by Crippen LogP contribution is -2.47. The van der Waals surface area contributed by atoms with Crippen LogP contribution in [0.5, 0.6) is 5.75 Å². The molecule has 158 valence electrons. The highest BCUT2D eigenvalue weighted by Gasteiger charge is 2.29. The molecule has 0 bridgehead atoms. The van der Waals surface area contributed by atoms with Gasteiger partial charge in [-0.1, -0.05) is 11.6 Å². The molecule has 0 aliphatic rings. The maximum Gasteiger partial charge on any atom is 0.263 e. The molecule has 0 saturated heterocycles. The summed E-state index contributed by atoms with van der Waals surface area (Å²) in [4.78, 5) is 12.5. The topological polar surface area (TPSA) is 94.0 Å². The molecule has 0 aliphatic heterocycles. The predicted octanol–water partition coefficient (Wildman–Crippen LogP) is 3.32. The van der Waals surface area contributed by atoms with Crippen molar-refractivity contribution in [2.75, 3.05) is 18.4 Å². The zero-order chi connectivity index (χ0) is 21.7. The number of halogens is 1. The van der Waals surface area contributed by atoms with Crippen molar-refractivity contribution in [1.82, 2.24) is 25.3 Å². The average molecular weight is 429 g/mol. The second kappa shape index (κ2) is 9.13. The van der Waals surface area contributed by atoms with E-state index in [1.807, 2.05) is 32.0 Å². The first-order chi connectivity index (χ1) is 14.2. The highest BCUT2D eigenvalue weighted by Crippen LogP contribution is 2.21. The number of nitrogens with one attached hydrogen (secondary N) is 2. The summed E-state index contributed by atoms with van der Waals surface area (Å²) in [6.07, 6.45) is 0. The number of anilines is 1. The highest BCUT2D eigenvalue weighted by molar-refractivity contribution is 6.30. The monoisotopic (exact) mass is 428 g/mol. The Morgan fingerprint density at radius 1 is 1.10 bits per heavy atom. The lowest BCUT2D eigenvalue weighted by molar-refractivity contribution is -0.134. The Bertz CT molecular complexity index is 999. The zero-order valence-electron chi connectivity index (χ0n) is 17.4. The molecule has 0 atom stereocenters. The summed E-state index contributed by atoms with van der Waals surface area (Å²) in [6.45, 7) is 8.24. The third kappa shape index (κ3) is 5.48. The molecule has 0 aliphatic carbocycles. The van der Waals surface area contributed by atoms with Gasteiger partial charge in [0.05, 0.1) is 5.69 Å². The summed E-state index contributed by atoms with van der Waals surface area (Å²) < 4.78 is 7.52. The molecular formula is C21H25ClN6O2. The van der Waals surface area contributed by atoms with Crippen molar-refractivity contribution in [3.63, 3.8) is 0 Å². The fourth-order valence-electron chi connectivity index (χ4n) is 2.82. The Hall–Kier alpha value is -3.13. The fourth-order valence-corrected chi connectivity index (χ4v) is 2.94. The van der Waals surface area contributed by atoms with Gasteiger partial charge in [0, 0.05) is 23.8 Å². The number of ether oxygens (including phenoxy) is 1. The van der Waals surface area contributed by atoms with E-state index in [1.165, 1.54) is 0 Å². The van der Waals surface area contributed by atoms with Crippen molar-refractivity contribution in [2.45, 2.75) is 33.3 Å². The maximum absolute atomic E-state index is 12.5. The van der Waals surface area contributed by atoms with Gasteiger partial charge in [0.1, 0.15) is 11.6 Å². The van der Waals surface area contributed by atoms with E-state index >= 15 is 0 Å². The maximum atomic E-state index is 12.5. The molecule has 0 fully saturated rings. The number of aromatic nitrogens is 4. The molecular weight excluding hydrogens is 404 g/mol. The van der Waals surface area contributed by atoms with E-state index in [4.69, 9.17) is 16.3 Å². The molecule has 3 aromatic rings. The number of carbonyl (C=O) groups is 1. The summed E-state index contributed by atoms with van der Waals surface area (Å²) in [7, 11) is 0. The molecule has 0 unspecified atom stereocenters. The number of rotatable bonds is 8. The van der Waals surface area contributed by atoms with E-state index in [-0.39, 0.29) is 5.91 Å². The van der Waals surface area contributed by atoms with Gasteiger partial charge in [0.2, 0.25) is 0 Å². The molecule has 3 rings (SSSR count). The van der Waals surface area contributed by atoms with E-state index in [1.54, 1.807) is 42.8 Å². The van der Waals surface area contributed by atoms with E-state index in [2.05, 4.69) is 25.9 Å².